The van der Waals surface area contributed by atoms with Crippen LogP contribution in [-0.4, -0.2) is 23.6 Å². The number of pyridine rings is 1. The average Bonchev–Trinajstić information content (AvgIpc) is 2.47. The maximum absolute atomic E-state index is 12.1. The van der Waals surface area contributed by atoms with Gasteiger partial charge in [-0.25, -0.2) is 9.98 Å². The molecule has 19 heavy (non-hydrogen) atoms. The van der Waals surface area contributed by atoms with Crippen LogP contribution in [0.15, 0.2) is 47.6 Å². The molecule has 4 heteroatoms. The lowest BCUT2D eigenvalue weighted by atomic mass is 9.98. The van der Waals surface area contributed by atoms with Crippen molar-refractivity contribution < 1.29 is 9.53 Å². The zero-order valence-corrected chi connectivity index (χ0v) is 10.5. The van der Waals surface area contributed by atoms with Gasteiger partial charge in [-0.05, 0) is 24.3 Å². The minimum absolute atomic E-state index is 0.0518. The summed E-state index contributed by atoms with van der Waals surface area (Å²) >= 11 is 0. The molecule has 0 atom stereocenters. The van der Waals surface area contributed by atoms with Crippen LogP contribution in [-0.2, 0) is 0 Å². The second kappa shape index (κ2) is 4.65. The van der Waals surface area contributed by atoms with E-state index >= 15 is 0 Å². The van der Waals surface area contributed by atoms with Gasteiger partial charge >= 0.3 is 0 Å². The van der Waals surface area contributed by atoms with Crippen LogP contribution in [0, 0.1) is 0 Å². The van der Waals surface area contributed by atoms with E-state index in [2.05, 4.69) is 9.98 Å². The van der Waals surface area contributed by atoms with Gasteiger partial charge in [0.05, 0.1) is 24.8 Å². The van der Waals surface area contributed by atoms with Gasteiger partial charge in [0.2, 0.25) is 0 Å². The third kappa shape index (κ3) is 2.12. The van der Waals surface area contributed by atoms with Gasteiger partial charge in [0.25, 0.3) is 0 Å². The van der Waals surface area contributed by atoms with Gasteiger partial charge in [-0.2, -0.15) is 0 Å². The smallest absolute Gasteiger partial charge is 0.172 e. The van der Waals surface area contributed by atoms with Gasteiger partial charge in [0, 0.05) is 11.8 Å². The van der Waals surface area contributed by atoms with Gasteiger partial charge in [-0.15, -0.1) is 0 Å². The van der Waals surface area contributed by atoms with E-state index < -0.39 is 0 Å². The first-order valence-electron chi connectivity index (χ1n) is 5.98. The van der Waals surface area contributed by atoms with E-state index in [4.69, 9.17) is 4.74 Å². The first-order chi connectivity index (χ1) is 9.28. The first-order valence-corrected chi connectivity index (χ1v) is 5.98. The van der Waals surface area contributed by atoms with Crippen LogP contribution >= 0.6 is 0 Å². The fourth-order valence-electron chi connectivity index (χ4n) is 2.09. The summed E-state index contributed by atoms with van der Waals surface area (Å²) in [7, 11) is 1.61. The Morgan fingerprint density at radius 1 is 1.21 bits per heavy atom. The summed E-state index contributed by atoms with van der Waals surface area (Å²) in [5, 5.41) is 0. The number of rotatable bonds is 2. The number of nitrogens with zero attached hydrogens (tertiary/aromatic N) is 2. The molecule has 2 heterocycles. The van der Waals surface area contributed by atoms with Crippen molar-refractivity contribution in [2.75, 3.05) is 7.11 Å². The number of fused-ring (bicyclic) bond motifs is 1. The predicted octanol–water partition coefficient (Wildman–Crippen LogP) is 2.80. The molecule has 0 N–H and O–H groups in total. The van der Waals surface area contributed by atoms with Crippen LogP contribution in [0.1, 0.15) is 22.3 Å². The van der Waals surface area contributed by atoms with Crippen molar-refractivity contribution >= 4 is 17.3 Å². The Balaban J connectivity index is 2.07. The number of aliphatic imine (C=N–C) groups is 1. The van der Waals surface area contributed by atoms with E-state index in [9.17, 15) is 4.79 Å². The molecule has 0 bridgehead atoms. The Morgan fingerprint density at radius 3 is 2.95 bits per heavy atom. The Bertz CT molecular complexity index is 677. The number of Topliss-reactive ketones (excluding diaryl/α,β-unsaturated/α-hetero) is 1. The van der Waals surface area contributed by atoms with Crippen LogP contribution < -0.4 is 4.74 Å². The average molecular weight is 252 g/mol. The predicted molar refractivity (Wildman–Crippen MR) is 72.4 cm³/mol. The molecule has 2 aromatic rings. The SMILES string of the molecule is COc1cccc(C2=Nc3ncccc3C(=O)C2)c1. The number of carbonyl (C=O) groups is 1. The number of benzene rings is 1. The molecule has 0 amide bonds. The third-order valence-corrected chi connectivity index (χ3v) is 3.06. The van der Waals surface area contributed by atoms with E-state index in [1.807, 2.05) is 24.3 Å². The molecule has 1 aliphatic heterocycles. The zero-order valence-electron chi connectivity index (χ0n) is 10.5. The van der Waals surface area contributed by atoms with Crippen LogP contribution in [0.3, 0.4) is 0 Å². The first kappa shape index (κ1) is 11.6. The molecule has 0 aliphatic carbocycles. The summed E-state index contributed by atoms with van der Waals surface area (Å²) in [5.74, 6) is 1.30. The molecular formula is C15H12N2O2. The van der Waals surface area contributed by atoms with Crippen molar-refractivity contribution in [3.05, 3.63) is 53.7 Å². The Hall–Kier alpha value is -2.49. The van der Waals surface area contributed by atoms with E-state index in [0.29, 0.717) is 17.8 Å². The topological polar surface area (TPSA) is 51.6 Å². The van der Waals surface area contributed by atoms with Gasteiger partial charge < -0.3 is 4.74 Å². The van der Waals surface area contributed by atoms with Crippen molar-refractivity contribution in [1.82, 2.24) is 4.98 Å². The minimum Gasteiger partial charge on any atom is -0.497 e. The monoisotopic (exact) mass is 252 g/mol. The van der Waals surface area contributed by atoms with Gasteiger partial charge in [0.15, 0.2) is 11.6 Å². The lowest BCUT2D eigenvalue weighted by molar-refractivity contribution is 0.0999. The Kier molecular flexibility index (Phi) is 2.83. The highest BCUT2D eigenvalue weighted by molar-refractivity contribution is 6.20. The highest BCUT2D eigenvalue weighted by Crippen LogP contribution is 2.26. The van der Waals surface area contributed by atoms with Gasteiger partial charge in [0.1, 0.15) is 5.75 Å². The summed E-state index contributed by atoms with van der Waals surface area (Å²) in [6, 6.07) is 11.1. The molecule has 1 aliphatic rings. The second-order valence-corrected chi connectivity index (χ2v) is 4.26. The Morgan fingerprint density at radius 2 is 2.11 bits per heavy atom. The second-order valence-electron chi connectivity index (χ2n) is 4.26. The number of hydrogen-bond acceptors (Lipinski definition) is 4. The summed E-state index contributed by atoms with van der Waals surface area (Å²) in [5.41, 5.74) is 2.22. The molecule has 1 aromatic carbocycles. The molecule has 3 rings (SSSR count). The molecule has 0 radical (unpaired) electrons. The number of ether oxygens (including phenoxy) is 1. The van der Waals surface area contributed by atoms with Crippen molar-refractivity contribution in [2.45, 2.75) is 6.42 Å². The van der Waals surface area contributed by atoms with Crippen molar-refractivity contribution in [2.24, 2.45) is 4.99 Å². The Labute approximate surface area is 110 Å². The van der Waals surface area contributed by atoms with Crippen LogP contribution in [0.4, 0.5) is 5.82 Å². The molecule has 0 fully saturated rings. The van der Waals surface area contributed by atoms with Gasteiger partial charge in [-0.1, -0.05) is 12.1 Å². The quantitative estimate of drug-likeness (QED) is 0.825. The maximum atomic E-state index is 12.1. The molecule has 0 saturated heterocycles. The fraction of sp³-hybridized carbons (Fsp3) is 0.133. The van der Waals surface area contributed by atoms with Crippen LogP contribution in [0.2, 0.25) is 0 Å². The fourth-order valence-corrected chi connectivity index (χ4v) is 2.09. The number of carbonyl (C=O) groups excluding carboxylic acids is 1. The number of aromatic nitrogens is 1. The summed E-state index contributed by atoms with van der Waals surface area (Å²) in [6.07, 6.45) is 1.94. The summed E-state index contributed by atoms with van der Waals surface area (Å²) in [6.45, 7) is 0. The third-order valence-electron chi connectivity index (χ3n) is 3.06. The van der Waals surface area contributed by atoms with Crippen LogP contribution in [0.25, 0.3) is 0 Å². The van der Waals surface area contributed by atoms with E-state index in [1.165, 1.54) is 0 Å². The number of hydrogen-bond donors (Lipinski definition) is 0. The largest absolute Gasteiger partial charge is 0.497 e. The molecule has 1 aromatic heterocycles. The maximum Gasteiger partial charge on any atom is 0.172 e. The highest BCUT2D eigenvalue weighted by atomic mass is 16.5. The standard InChI is InChI=1S/C15H12N2O2/c1-19-11-5-2-4-10(8-11)13-9-14(18)12-6-3-7-16-15(12)17-13/h2-8H,9H2,1H3. The van der Waals surface area contributed by atoms with Crippen molar-refractivity contribution in [3.8, 4) is 5.75 Å². The van der Waals surface area contributed by atoms with E-state index in [0.717, 1.165) is 17.0 Å². The molecule has 0 unspecified atom stereocenters. The van der Waals surface area contributed by atoms with Crippen LogP contribution in [0.5, 0.6) is 5.75 Å². The molecule has 0 spiro atoms. The van der Waals surface area contributed by atoms with Gasteiger partial charge in [-0.3, -0.25) is 4.79 Å². The van der Waals surface area contributed by atoms with E-state index in [-0.39, 0.29) is 5.78 Å². The zero-order chi connectivity index (χ0) is 13.2. The van der Waals surface area contributed by atoms with Crippen molar-refractivity contribution in [1.29, 1.82) is 0 Å². The lowest BCUT2D eigenvalue weighted by Gasteiger charge is -2.14. The summed E-state index contributed by atoms with van der Waals surface area (Å²) in [4.78, 5) is 20.7. The summed E-state index contributed by atoms with van der Waals surface area (Å²) < 4.78 is 5.19. The van der Waals surface area contributed by atoms with E-state index in [1.54, 1.807) is 25.4 Å². The highest BCUT2D eigenvalue weighted by Gasteiger charge is 2.21. The number of ketones is 1. The normalized spacial score (nSPS) is 13.7. The lowest BCUT2D eigenvalue weighted by Crippen LogP contribution is -2.15. The molecular weight excluding hydrogens is 240 g/mol. The van der Waals surface area contributed by atoms with Crippen molar-refractivity contribution in [3.63, 3.8) is 0 Å². The molecule has 4 nitrogen and oxygen atoms in total. The number of methoxy groups -OCH3 is 1. The molecule has 0 saturated carbocycles. The minimum atomic E-state index is 0.0518. The molecule has 94 valence electrons.